The minimum absolute atomic E-state index is 0.0190. The maximum atomic E-state index is 13.5. The molecule has 0 radical (unpaired) electrons. The third-order valence-electron chi connectivity index (χ3n) is 7.37. The molecule has 8 unspecified atom stereocenters. The molecular weight excluding hydrogens is 485 g/mol. The quantitative estimate of drug-likeness (QED) is 0.525. The summed E-state index contributed by atoms with van der Waals surface area (Å²) < 4.78 is 75.3. The van der Waals surface area contributed by atoms with Crippen molar-refractivity contribution in [1.82, 2.24) is 5.32 Å². The Bertz CT molecular complexity index is 784. The topological polar surface area (TPSA) is 108 Å². The second-order valence-electron chi connectivity index (χ2n) is 9.64. The highest BCUT2D eigenvalue weighted by molar-refractivity contribution is 7.89. The maximum absolute atomic E-state index is 13.5. The number of amides is 1. The Morgan fingerprint density at radius 1 is 1.03 bits per heavy atom. The van der Waals surface area contributed by atoms with Crippen LogP contribution in [0.5, 0.6) is 0 Å². The van der Waals surface area contributed by atoms with Gasteiger partial charge in [-0.2, -0.15) is 13.2 Å². The zero-order valence-electron chi connectivity index (χ0n) is 18.7. The summed E-state index contributed by atoms with van der Waals surface area (Å²) in [6.45, 7) is 0. The smallest absolute Gasteiger partial charge is 0.381 e. The summed E-state index contributed by atoms with van der Waals surface area (Å²) in [6, 6.07) is -0.445. The molecule has 33 heavy (non-hydrogen) atoms. The van der Waals surface area contributed by atoms with Gasteiger partial charge in [0.1, 0.15) is 0 Å². The number of carbonyl (C=O) groups is 1. The van der Waals surface area contributed by atoms with Crippen LogP contribution in [-0.2, 0) is 24.3 Å². The van der Waals surface area contributed by atoms with E-state index in [1.165, 1.54) is 0 Å². The Kier molecular flexibility index (Phi) is 8.97. The molecule has 3 rings (SSSR count). The van der Waals surface area contributed by atoms with Crippen molar-refractivity contribution in [3.63, 3.8) is 0 Å². The van der Waals surface area contributed by atoms with E-state index in [1.807, 2.05) is 0 Å². The summed E-state index contributed by atoms with van der Waals surface area (Å²) in [5, 5.41) is 6.96. The fourth-order valence-electron chi connectivity index (χ4n) is 5.41. The van der Waals surface area contributed by atoms with Gasteiger partial charge < -0.3 is 14.8 Å². The van der Waals surface area contributed by atoms with Crippen LogP contribution >= 0.6 is 11.6 Å². The summed E-state index contributed by atoms with van der Waals surface area (Å²) in [5.41, 5.74) is 0. The number of ether oxygens (including phenoxy) is 2. The molecular formula is C21H34ClF3N2O5S. The third kappa shape index (κ3) is 7.19. The van der Waals surface area contributed by atoms with Crippen molar-refractivity contribution in [2.75, 3.05) is 7.11 Å². The van der Waals surface area contributed by atoms with Gasteiger partial charge >= 0.3 is 6.18 Å². The molecule has 3 aliphatic rings. The van der Waals surface area contributed by atoms with E-state index in [9.17, 15) is 26.4 Å². The first-order valence-electron chi connectivity index (χ1n) is 11.6. The SMILES string of the molecule is COC1CCC(OC2CCC(C(F)(F)F)CC2C(=O)NC2CCCC(S(N)(=O)=O)C2)C(Cl)C1. The van der Waals surface area contributed by atoms with E-state index < -0.39 is 51.3 Å². The van der Waals surface area contributed by atoms with E-state index in [-0.39, 0.29) is 43.3 Å². The third-order valence-corrected chi connectivity index (χ3v) is 9.19. The molecule has 3 saturated carbocycles. The van der Waals surface area contributed by atoms with Crippen molar-refractivity contribution in [1.29, 1.82) is 0 Å². The molecule has 3 N–H and O–H groups in total. The lowest BCUT2D eigenvalue weighted by molar-refractivity contribution is -0.199. The van der Waals surface area contributed by atoms with E-state index >= 15 is 0 Å². The molecule has 3 fully saturated rings. The van der Waals surface area contributed by atoms with Gasteiger partial charge in [0.2, 0.25) is 15.9 Å². The molecule has 0 aliphatic heterocycles. The Balaban J connectivity index is 1.68. The molecule has 0 aromatic heterocycles. The molecule has 0 heterocycles. The van der Waals surface area contributed by atoms with Crippen LogP contribution < -0.4 is 10.5 Å². The first-order chi connectivity index (χ1) is 15.4. The number of hydrogen-bond donors (Lipinski definition) is 2. The van der Waals surface area contributed by atoms with E-state index in [0.717, 1.165) is 6.42 Å². The molecule has 7 nitrogen and oxygen atoms in total. The zero-order valence-corrected chi connectivity index (χ0v) is 20.3. The average Bonchev–Trinajstić information content (AvgIpc) is 2.74. The summed E-state index contributed by atoms with van der Waals surface area (Å²) in [5.74, 6) is -3.08. The van der Waals surface area contributed by atoms with Crippen LogP contribution in [0.3, 0.4) is 0 Å². The highest BCUT2D eigenvalue weighted by Crippen LogP contribution is 2.42. The Labute approximate surface area is 198 Å². The molecule has 12 heteroatoms. The van der Waals surface area contributed by atoms with Crippen molar-refractivity contribution in [3.8, 4) is 0 Å². The highest BCUT2D eigenvalue weighted by Gasteiger charge is 2.48. The predicted octanol–water partition coefficient (Wildman–Crippen LogP) is 3.24. The number of carbonyl (C=O) groups excluding carboxylic acids is 1. The van der Waals surface area contributed by atoms with Crippen LogP contribution in [0, 0.1) is 11.8 Å². The largest absolute Gasteiger partial charge is 0.391 e. The van der Waals surface area contributed by atoms with Gasteiger partial charge in [0, 0.05) is 13.2 Å². The summed E-state index contributed by atoms with van der Waals surface area (Å²) in [7, 11) is -2.13. The van der Waals surface area contributed by atoms with Gasteiger partial charge in [0.15, 0.2) is 0 Å². The fraction of sp³-hybridized carbons (Fsp3) is 0.952. The molecule has 3 aliphatic carbocycles. The van der Waals surface area contributed by atoms with E-state index in [1.54, 1.807) is 7.11 Å². The second-order valence-corrected chi connectivity index (χ2v) is 12.0. The van der Waals surface area contributed by atoms with Crippen LogP contribution in [0.4, 0.5) is 13.2 Å². The van der Waals surface area contributed by atoms with Crippen LogP contribution in [0.25, 0.3) is 0 Å². The molecule has 0 spiro atoms. The molecule has 0 bridgehead atoms. The Morgan fingerprint density at radius 3 is 2.33 bits per heavy atom. The van der Waals surface area contributed by atoms with Crippen LogP contribution in [-0.4, -0.2) is 62.6 Å². The first-order valence-corrected chi connectivity index (χ1v) is 13.6. The molecule has 0 aromatic rings. The van der Waals surface area contributed by atoms with Crippen LogP contribution in [0.15, 0.2) is 0 Å². The monoisotopic (exact) mass is 518 g/mol. The number of methoxy groups -OCH3 is 1. The van der Waals surface area contributed by atoms with Crippen LogP contribution in [0.2, 0.25) is 0 Å². The van der Waals surface area contributed by atoms with Gasteiger partial charge in [-0.3, -0.25) is 4.79 Å². The highest BCUT2D eigenvalue weighted by atomic mass is 35.5. The minimum atomic E-state index is -4.39. The standard InChI is InChI=1S/C21H34ClF3N2O5S/c1-31-14-6-8-19(17(22)11-14)32-18-7-5-12(21(23,24)25)9-16(18)20(28)27-13-3-2-4-15(10-13)33(26,29)30/h12-19H,2-11H2,1H3,(H,27,28)(H2,26,29,30). The van der Waals surface area contributed by atoms with Gasteiger partial charge in [-0.15, -0.1) is 11.6 Å². The number of nitrogens with one attached hydrogen (secondary N) is 1. The molecule has 8 atom stereocenters. The Hall–Kier alpha value is -0.620. The zero-order chi connectivity index (χ0) is 24.4. The van der Waals surface area contributed by atoms with Crippen molar-refractivity contribution in [3.05, 3.63) is 0 Å². The number of rotatable bonds is 6. The van der Waals surface area contributed by atoms with Gasteiger partial charge in [-0.05, 0) is 57.8 Å². The van der Waals surface area contributed by atoms with Gasteiger partial charge in [0.25, 0.3) is 0 Å². The van der Waals surface area contributed by atoms with Gasteiger partial charge in [0.05, 0.1) is 40.8 Å². The van der Waals surface area contributed by atoms with Gasteiger partial charge in [-0.25, -0.2) is 13.6 Å². The number of sulfonamides is 1. The molecule has 0 saturated heterocycles. The maximum Gasteiger partial charge on any atom is 0.391 e. The minimum Gasteiger partial charge on any atom is -0.381 e. The van der Waals surface area contributed by atoms with E-state index in [2.05, 4.69) is 5.32 Å². The van der Waals surface area contributed by atoms with Crippen molar-refractivity contribution in [2.45, 2.75) is 105 Å². The number of primary sulfonamides is 1. The van der Waals surface area contributed by atoms with E-state index in [0.29, 0.717) is 32.1 Å². The van der Waals surface area contributed by atoms with Gasteiger partial charge in [-0.1, -0.05) is 6.42 Å². The normalized spacial score (nSPS) is 38.6. The number of nitrogens with two attached hydrogens (primary N) is 1. The summed E-state index contributed by atoms with van der Waals surface area (Å²) in [6.07, 6.45) is -2.13. The number of hydrogen-bond acceptors (Lipinski definition) is 5. The summed E-state index contributed by atoms with van der Waals surface area (Å²) in [4.78, 5) is 13.1. The second kappa shape index (κ2) is 11.0. The molecule has 0 aromatic carbocycles. The van der Waals surface area contributed by atoms with Crippen molar-refractivity contribution >= 4 is 27.5 Å². The Morgan fingerprint density at radius 2 is 1.73 bits per heavy atom. The number of halogens is 4. The average molecular weight is 519 g/mol. The first kappa shape index (κ1) is 27.0. The lowest BCUT2D eigenvalue weighted by Crippen LogP contribution is -2.51. The molecule has 192 valence electrons. The van der Waals surface area contributed by atoms with Crippen LogP contribution in [0.1, 0.15) is 64.2 Å². The lowest BCUT2D eigenvalue weighted by atomic mass is 9.78. The number of alkyl halides is 4. The summed E-state index contributed by atoms with van der Waals surface area (Å²) >= 11 is 6.46. The predicted molar refractivity (Wildman–Crippen MR) is 117 cm³/mol. The molecule has 1 amide bonds. The van der Waals surface area contributed by atoms with Crippen molar-refractivity contribution in [2.24, 2.45) is 17.0 Å². The van der Waals surface area contributed by atoms with E-state index in [4.69, 9.17) is 26.2 Å². The fourth-order valence-corrected chi connectivity index (χ4v) is 6.79. The van der Waals surface area contributed by atoms with Crippen molar-refractivity contribution < 1.29 is 35.9 Å². The lowest BCUT2D eigenvalue weighted by Gasteiger charge is -2.41.